The highest BCUT2D eigenvalue weighted by Crippen LogP contribution is 2.45. The molecule has 192 valence electrons. The molecular weight excluding hydrogens is 517 g/mol. The van der Waals surface area contributed by atoms with Crippen LogP contribution < -0.4 is 14.4 Å². The third-order valence-corrected chi connectivity index (χ3v) is 6.70. The SMILES string of the molecule is CCOc1cc(C2/C(=C(\O)c3ccc(Cl)c(OCC)c3)C(=O)C(=O)N2c2ccc(C)c(Cl)c2)ccc1O. The van der Waals surface area contributed by atoms with E-state index in [1.807, 2.05) is 6.92 Å². The summed E-state index contributed by atoms with van der Waals surface area (Å²) in [7, 11) is 0. The Morgan fingerprint density at radius 1 is 0.919 bits per heavy atom. The number of aliphatic hydroxyl groups is 1. The lowest BCUT2D eigenvalue weighted by atomic mass is 9.94. The van der Waals surface area contributed by atoms with Crippen molar-refractivity contribution >= 4 is 46.3 Å². The lowest BCUT2D eigenvalue weighted by Crippen LogP contribution is -2.29. The fraction of sp³-hybridized carbons (Fsp3) is 0.214. The van der Waals surface area contributed by atoms with Crippen molar-refractivity contribution in [3.8, 4) is 17.2 Å². The van der Waals surface area contributed by atoms with Crippen molar-refractivity contribution in [3.63, 3.8) is 0 Å². The molecule has 1 heterocycles. The number of hydrogen-bond acceptors (Lipinski definition) is 6. The average molecular weight is 542 g/mol. The molecule has 1 saturated heterocycles. The number of amides is 1. The van der Waals surface area contributed by atoms with E-state index in [1.165, 1.54) is 23.1 Å². The topological polar surface area (TPSA) is 96.3 Å². The van der Waals surface area contributed by atoms with E-state index >= 15 is 0 Å². The van der Waals surface area contributed by atoms with Gasteiger partial charge in [0.05, 0.1) is 29.9 Å². The summed E-state index contributed by atoms with van der Waals surface area (Å²) in [4.78, 5) is 28.1. The minimum atomic E-state index is -1.04. The number of phenolic OH excluding ortho intramolecular Hbond substituents is 1. The quantitative estimate of drug-likeness (QED) is 0.203. The Balaban J connectivity index is 1.97. The molecule has 0 spiro atoms. The zero-order chi connectivity index (χ0) is 26.9. The summed E-state index contributed by atoms with van der Waals surface area (Å²) in [5.41, 5.74) is 1.73. The van der Waals surface area contributed by atoms with Crippen molar-refractivity contribution < 1.29 is 29.3 Å². The number of phenols is 1. The Morgan fingerprint density at radius 2 is 1.62 bits per heavy atom. The highest BCUT2D eigenvalue weighted by molar-refractivity contribution is 6.52. The number of ether oxygens (including phenoxy) is 2. The number of carbonyl (C=O) groups is 2. The van der Waals surface area contributed by atoms with Crippen LogP contribution in [0.15, 0.2) is 60.2 Å². The summed E-state index contributed by atoms with van der Waals surface area (Å²) < 4.78 is 11.1. The van der Waals surface area contributed by atoms with Crippen LogP contribution in [0, 0.1) is 6.92 Å². The molecule has 3 aromatic carbocycles. The molecule has 0 aliphatic carbocycles. The van der Waals surface area contributed by atoms with Crippen LogP contribution in [-0.2, 0) is 9.59 Å². The van der Waals surface area contributed by atoms with Gasteiger partial charge in [0.15, 0.2) is 11.5 Å². The Labute approximate surface area is 224 Å². The first-order valence-electron chi connectivity index (χ1n) is 11.6. The van der Waals surface area contributed by atoms with Gasteiger partial charge in [0.25, 0.3) is 11.7 Å². The van der Waals surface area contributed by atoms with Crippen molar-refractivity contribution in [2.75, 3.05) is 18.1 Å². The number of ketones is 1. The van der Waals surface area contributed by atoms with Gasteiger partial charge in [0.2, 0.25) is 0 Å². The van der Waals surface area contributed by atoms with Crippen LogP contribution in [0.5, 0.6) is 17.2 Å². The predicted molar refractivity (Wildman–Crippen MR) is 143 cm³/mol. The Morgan fingerprint density at radius 3 is 2.30 bits per heavy atom. The maximum Gasteiger partial charge on any atom is 0.300 e. The number of aromatic hydroxyl groups is 1. The number of aliphatic hydroxyl groups excluding tert-OH is 1. The molecule has 4 rings (SSSR count). The first kappa shape index (κ1) is 26.4. The lowest BCUT2D eigenvalue weighted by Gasteiger charge is -2.26. The normalized spacial score (nSPS) is 16.8. The first-order valence-corrected chi connectivity index (χ1v) is 12.4. The van der Waals surface area contributed by atoms with Crippen LogP contribution in [0.25, 0.3) is 5.76 Å². The molecule has 37 heavy (non-hydrogen) atoms. The summed E-state index contributed by atoms with van der Waals surface area (Å²) in [6, 6.07) is 13.1. The number of rotatable bonds is 7. The van der Waals surface area contributed by atoms with Gasteiger partial charge < -0.3 is 19.7 Å². The number of halogens is 2. The molecule has 1 aliphatic heterocycles. The largest absolute Gasteiger partial charge is 0.507 e. The number of anilines is 1. The summed E-state index contributed by atoms with van der Waals surface area (Å²) in [6.07, 6.45) is 0. The van der Waals surface area contributed by atoms with Gasteiger partial charge >= 0.3 is 0 Å². The second-order valence-corrected chi connectivity index (χ2v) is 9.16. The number of carbonyl (C=O) groups excluding carboxylic acids is 2. The molecular formula is C28H25Cl2NO6. The van der Waals surface area contributed by atoms with E-state index in [9.17, 15) is 19.8 Å². The van der Waals surface area contributed by atoms with Gasteiger partial charge in [-0.25, -0.2) is 0 Å². The maximum atomic E-state index is 13.4. The number of benzene rings is 3. The molecule has 0 radical (unpaired) electrons. The Bertz CT molecular complexity index is 1420. The number of hydrogen-bond donors (Lipinski definition) is 2. The van der Waals surface area contributed by atoms with E-state index in [4.69, 9.17) is 32.7 Å². The maximum absolute atomic E-state index is 13.4. The summed E-state index contributed by atoms with van der Waals surface area (Å²) in [5, 5.41) is 22.4. The summed E-state index contributed by atoms with van der Waals surface area (Å²) in [5.74, 6) is -1.70. The zero-order valence-corrected chi connectivity index (χ0v) is 21.9. The minimum absolute atomic E-state index is 0.0972. The fourth-order valence-electron chi connectivity index (χ4n) is 4.19. The predicted octanol–water partition coefficient (Wildman–Crippen LogP) is 6.43. The van der Waals surface area contributed by atoms with E-state index in [1.54, 1.807) is 50.2 Å². The van der Waals surface area contributed by atoms with Crippen molar-refractivity contribution in [2.24, 2.45) is 0 Å². The zero-order valence-electron chi connectivity index (χ0n) is 20.4. The van der Waals surface area contributed by atoms with Crippen LogP contribution in [0.1, 0.15) is 36.6 Å². The average Bonchev–Trinajstić information content (AvgIpc) is 3.13. The number of nitrogens with zero attached hydrogens (tertiary/aromatic N) is 1. The second kappa shape index (κ2) is 10.7. The highest BCUT2D eigenvalue weighted by atomic mass is 35.5. The molecule has 1 atom stereocenters. The molecule has 0 saturated carbocycles. The molecule has 0 aromatic heterocycles. The summed E-state index contributed by atoms with van der Waals surface area (Å²) in [6.45, 7) is 6.01. The van der Waals surface area contributed by atoms with E-state index in [2.05, 4.69) is 0 Å². The molecule has 1 amide bonds. The standard InChI is InChI=1S/C28H25Cl2NO6/c1-4-36-22-13-17(7-10-19(22)29)26(33)24-25(16-8-11-21(32)23(12-16)37-5-2)31(28(35)27(24)34)18-9-6-15(3)20(30)14-18/h6-14,25,32-33H,4-5H2,1-3H3/b26-24+. The first-order chi connectivity index (χ1) is 17.7. The van der Waals surface area contributed by atoms with Gasteiger partial charge in [-0.1, -0.05) is 35.3 Å². The molecule has 1 fully saturated rings. The van der Waals surface area contributed by atoms with E-state index < -0.39 is 23.5 Å². The van der Waals surface area contributed by atoms with E-state index in [0.717, 1.165) is 5.56 Å². The number of Topliss-reactive ketones (excluding diaryl/α,β-unsaturated/α-hetero) is 1. The van der Waals surface area contributed by atoms with Gasteiger partial charge in [-0.2, -0.15) is 0 Å². The van der Waals surface area contributed by atoms with Gasteiger partial charge in [-0.3, -0.25) is 14.5 Å². The molecule has 0 bridgehead atoms. The van der Waals surface area contributed by atoms with Gasteiger partial charge in [0, 0.05) is 16.3 Å². The van der Waals surface area contributed by atoms with Crippen molar-refractivity contribution in [3.05, 3.63) is 86.9 Å². The molecule has 7 nitrogen and oxygen atoms in total. The minimum Gasteiger partial charge on any atom is -0.507 e. The van der Waals surface area contributed by atoms with E-state index in [-0.39, 0.29) is 29.2 Å². The van der Waals surface area contributed by atoms with Crippen LogP contribution >= 0.6 is 23.2 Å². The van der Waals surface area contributed by atoms with Gasteiger partial charge in [-0.05, 0) is 74.4 Å². The molecule has 1 aliphatic rings. The third-order valence-electron chi connectivity index (χ3n) is 5.98. The Hall–Kier alpha value is -3.68. The second-order valence-electron chi connectivity index (χ2n) is 8.34. The van der Waals surface area contributed by atoms with Crippen LogP contribution in [0.3, 0.4) is 0 Å². The van der Waals surface area contributed by atoms with Crippen LogP contribution in [0.2, 0.25) is 10.0 Å². The molecule has 3 aromatic rings. The molecule has 2 N–H and O–H groups in total. The lowest BCUT2D eigenvalue weighted by molar-refractivity contribution is -0.132. The van der Waals surface area contributed by atoms with Gasteiger partial charge in [0.1, 0.15) is 11.5 Å². The smallest absolute Gasteiger partial charge is 0.300 e. The Kier molecular flexibility index (Phi) is 7.66. The molecule has 9 heteroatoms. The van der Waals surface area contributed by atoms with E-state index in [0.29, 0.717) is 33.7 Å². The highest BCUT2D eigenvalue weighted by Gasteiger charge is 2.47. The van der Waals surface area contributed by atoms with Crippen molar-refractivity contribution in [1.82, 2.24) is 0 Å². The fourth-order valence-corrected chi connectivity index (χ4v) is 4.54. The van der Waals surface area contributed by atoms with Crippen molar-refractivity contribution in [2.45, 2.75) is 26.8 Å². The van der Waals surface area contributed by atoms with Crippen LogP contribution in [-0.4, -0.2) is 35.1 Å². The van der Waals surface area contributed by atoms with Crippen molar-refractivity contribution in [1.29, 1.82) is 0 Å². The molecule has 1 unspecified atom stereocenters. The van der Waals surface area contributed by atoms with Gasteiger partial charge in [-0.15, -0.1) is 0 Å². The monoisotopic (exact) mass is 541 g/mol. The van der Waals surface area contributed by atoms with Crippen LogP contribution in [0.4, 0.5) is 5.69 Å². The third kappa shape index (κ3) is 4.97. The number of aryl methyl sites for hydroxylation is 1. The summed E-state index contributed by atoms with van der Waals surface area (Å²) >= 11 is 12.6.